The van der Waals surface area contributed by atoms with Crippen molar-refractivity contribution in [2.45, 2.75) is 11.4 Å². The molecule has 0 saturated heterocycles. The minimum absolute atomic E-state index is 0.0607. The summed E-state index contributed by atoms with van der Waals surface area (Å²) in [7, 11) is -3.89. The smallest absolute Gasteiger partial charge is 0.243 e. The van der Waals surface area contributed by atoms with Gasteiger partial charge in [0.05, 0.1) is 17.9 Å². The Hall–Kier alpha value is -1.93. The van der Waals surface area contributed by atoms with Gasteiger partial charge in [-0.15, -0.1) is 0 Å². The number of hydrogen-bond acceptors (Lipinski definition) is 5. The number of hydrogen-bond donors (Lipinski definition) is 2. The van der Waals surface area contributed by atoms with Gasteiger partial charge in [0, 0.05) is 6.07 Å². The van der Waals surface area contributed by atoms with Gasteiger partial charge >= 0.3 is 0 Å². The SMILES string of the molecule is Nc1c(F)cccc1S(=O)(=O)NCc1ccon1. The fourth-order valence-electron chi connectivity index (χ4n) is 1.33. The number of benzene rings is 1. The molecule has 0 saturated carbocycles. The third-order valence-corrected chi connectivity index (χ3v) is 3.70. The van der Waals surface area contributed by atoms with Crippen LogP contribution in [0.2, 0.25) is 0 Å². The molecule has 0 amide bonds. The quantitative estimate of drug-likeness (QED) is 0.804. The van der Waals surface area contributed by atoms with Crippen LogP contribution in [0.25, 0.3) is 0 Å². The number of halogens is 1. The molecule has 18 heavy (non-hydrogen) atoms. The summed E-state index contributed by atoms with van der Waals surface area (Å²) in [6.45, 7) is -0.0607. The van der Waals surface area contributed by atoms with Gasteiger partial charge in [0.25, 0.3) is 0 Å². The fourth-order valence-corrected chi connectivity index (χ4v) is 2.47. The standard InChI is InChI=1S/C10H10FN3O3S/c11-8-2-1-3-9(10(8)12)18(15,16)13-6-7-4-5-17-14-7/h1-5,13H,6,12H2. The number of nitrogens with zero attached hydrogens (tertiary/aromatic N) is 1. The van der Waals surface area contributed by atoms with Crippen LogP contribution in [0.5, 0.6) is 0 Å². The Morgan fingerprint density at radius 2 is 2.17 bits per heavy atom. The number of aromatic nitrogens is 1. The topological polar surface area (TPSA) is 98.2 Å². The van der Waals surface area contributed by atoms with Crippen LogP contribution < -0.4 is 10.5 Å². The van der Waals surface area contributed by atoms with Crippen molar-refractivity contribution in [1.29, 1.82) is 0 Å². The van der Waals surface area contributed by atoms with E-state index in [1.807, 2.05) is 0 Å². The van der Waals surface area contributed by atoms with E-state index in [1.54, 1.807) is 0 Å². The van der Waals surface area contributed by atoms with Crippen molar-refractivity contribution < 1.29 is 17.3 Å². The first kappa shape index (κ1) is 12.5. The van der Waals surface area contributed by atoms with Gasteiger partial charge in [-0.05, 0) is 12.1 Å². The van der Waals surface area contributed by atoms with E-state index in [9.17, 15) is 12.8 Å². The Morgan fingerprint density at radius 3 is 2.83 bits per heavy atom. The molecule has 0 aliphatic rings. The van der Waals surface area contributed by atoms with Crippen LogP contribution >= 0.6 is 0 Å². The summed E-state index contributed by atoms with van der Waals surface area (Å²) < 4.78 is 43.8. The Labute approximate surface area is 103 Å². The minimum atomic E-state index is -3.89. The highest BCUT2D eigenvalue weighted by molar-refractivity contribution is 7.89. The van der Waals surface area contributed by atoms with Crippen LogP contribution in [0.3, 0.4) is 0 Å². The lowest BCUT2D eigenvalue weighted by atomic mass is 10.3. The third kappa shape index (κ3) is 2.49. The van der Waals surface area contributed by atoms with Crippen molar-refractivity contribution in [1.82, 2.24) is 9.88 Å². The van der Waals surface area contributed by atoms with Crippen LogP contribution in [0.1, 0.15) is 5.69 Å². The van der Waals surface area contributed by atoms with Crippen molar-refractivity contribution in [3.05, 3.63) is 42.0 Å². The molecule has 2 rings (SSSR count). The lowest BCUT2D eigenvalue weighted by Gasteiger charge is -2.08. The number of sulfonamides is 1. The molecule has 0 aliphatic heterocycles. The second-order valence-electron chi connectivity index (χ2n) is 3.47. The van der Waals surface area contributed by atoms with Crippen molar-refractivity contribution in [2.24, 2.45) is 0 Å². The summed E-state index contributed by atoms with van der Waals surface area (Å²) >= 11 is 0. The number of nitrogen functional groups attached to an aromatic ring is 1. The normalized spacial score (nSPS) is 11.6. The van der Waals surface area contributed by atoms with Gasteiger partial charge in [0.2, 0.25) is 10.0 Å². The Balaban J connectivity index is 2.23. The van der Waals surface area contributed by atoms with E-state index in [2.05, 4.69) is 14.4 Å². The molecule has 1 aromatic heterocycles. The first-order valence-electron chi connectivity index (χ1n) is 4.93. The van der Waals surface area contributed by atoms with Gasteiger partial charge in [-0.3, -0.25) is 0 Å². The number of rotatable bonds is 4. The second kappa shape index (κ2) is 4.75. The summed E-state index contributed by atoms with van der Waals surface area (Å²) in [5, 5.41) is 3.55. The van der Waals surface area contributed by atoms with Crippen LogP contribution in [0.4, 0.5) is 10.1 Å². The molecule has 0 bridgehead atoms. The van der Waals surface area contributed by atoms with Gasteiger partial charge < -0.3 is 10.3 Å². The molecule has 0 fully saturated rings. The second-order valence-corrected chi connectivity index (χ2v) is 5.20. The van der Waals surface area contributed by atoms with E-state index in [-0.39, 0.29) is 11.4 Å². The fraction of sp³-hybridized carbons (Fsp3) is 0.100. The van der Waals surface area contributed by atoms with E-state index in [0.717, 1.165) is 6.07 Å². The van der Waals surface area contributed by atoms with Crippen LogP contribution in [0, 0.1) is 5.82 Å². The van der Waals surface area contributed by atoms with Crippen LogP contribution in [0.15, 0.2) is 39.9 Å². The lowest BCUT2D eigenvalue weighted by Crippen LogP contribution is -2.24. The zero-order chi connectivity index (χ0) is 13.2. The van der Waals surface area contributed by atoms with Gasteiger partial charge in [-0.1, -0.05) is 11.2 Å². The molecule has 0 radical (unpaired) electrons. The highest BCUT2D eigenvalue weighted by atomic mass is 32.2. The van der Waals surface area contributed by atoms with Gasteiger partial charge in [0.15, 0.2) is 0 Å². The Bertz CT molecular complexity index is 640. The van der Waals surface area contributed by atoms with E-state index >= 15 is 0 Å². The van der Waals surface area contributed by atoms with E-state index in [1.165, 1.54) is 24.5 Å². The van der Waals surface area contributed by atoms with Crippen molar-refractivity contribution in [2.75, 3.05) is 5.73 Å². The molecule has 0 aliphatic carbocycles. The highest BCUT2D eigenvalue weighted by Crippen LogP contribution is 2.20. The summed E-state index contributed by atoms with van der Waals surface area (Å²) in [4.78, 5) is -0.300. The molecule has 0 unspecified atom stereocenters. The largest absolute Gasteiger partial charge is 0.395 e. The first-order valence-corrected chi connectivity index (χ1v) is 6.42. The summed E-state index contributed by atoms with van der Waals surface area (Å²) in [6.07, 6.45) is 1.32. The Kier molecular flexibility index (Phi) is 3.30. The average Bonchev–Trinajstić information content (AvgIpc) is 2.83. The molecule has 6 nitrogen and oxygen atoms in total. The van der Waals surface area contributed by atoms with Gasteiger partial charge in [-0.2, -0.15) is 0 Å². The highest BCUT2D eigenvalue weighted by Gasteiger charge is 2.19. The van der Waals surface area contributed by atoms with E-state index in [4.69, 9.17) is 5.73 Å². The number of para-hydroxylation sites is 1. The summed E-state index contributed by atoms with van der Waals surface area (Å²) in [6, 6.07) is 5.10. The predicted molar refractivity (Wildman–Crippen MR) is 61.3 cm³/mol. The lowest BCUT2D eigenvalue weighted by molar-refractivity contribution is 0.411. The van der Waals surface area contributed by atoms with Crippen LogP contribution in [-0.2, 0) is 16.6 Å². The molecule has 3 N–H and O–H groups in total. The Morgan fingerprint density at radius 1 is 1.39 bits per heavy atom. The third-order valence-electron chi connectivity index (χ3n) is 2.24. The number of nitrogens with one attached hydrogen (secondary N) is 1. The maximum atomic E-state index is 13.2. The average molecular weight is 271 g/mol. The molecule has 1 heterocycles. The maximum Gasteiger partial charge on any atom is 0.243 e. The van der Waals surface area contributed by atoms with Gasteiger partial charge in [-0.25, -0.2) is 17.5 Å². The monoisotopic (exact) mass is 271 g/mol. The number of nitrogens with two attached hydrogens (primary N) is 1. The molecule has 96 valence electrons. The maximum absolute atomic E-state index is 13.2. The molecule has 0 atom stereocenters. The molecule has 0 spiro atoms. The molecular formula is C10H10FN3O3S. The molecule has 2 aromatic rings. The van der Waals surface area contributed by atoms with Gasteiger partial charge in [0.1, 0.15) is 17.0 Å². The first-order chi connectivity index (χ1) is 8.50. The number of anilines is 1. The molecule has 8 heteroatoms. The predicted octanol–water partition coefficient (Wildman–Crippen LogP) is 0.874. The molecule has 1 aromatic carbocycles. The minimum Gasteiger partial charge on any atom is -0.395 e. The van der Waals surface area contributed by atoms with Crippen LogP contribution in [-0.4, -0.2) is 13.6 Å². The van der Waals surface area contributed by atoms with Crippen molar-refractivity contribution >= 4 is 15.7 Å². The zero-order valence-corrected chi connectivity index (χ0v) is 9.95. The van der Waals surface area contributed by atoms with Crippen molar-refractivity contribution in [3.63, 3.8) is 0 Å². The summed E-state index contributed by atoms with van der Waals surface area (Å²) in [5.41, 5.74) is 5.39. The summed E-state index contributed by atoms with van der Waals surface area (Å²) in [5.74, 6) is -0.778. The van der Waals surface area contributed by atoms with E-state index in [0.29, 0.717) is 5.69 Å². The molecular weight excluding hydrogens is 261 g/mol. The van der Waals surface area contributed by atoms with Crippen molar-refractivity contribution in [3.8, 4) is 0 Å². The van der Waals surface area contributed by atoms with E-state index < -0.39 is 21.5 Å². The zero-order valence-electron chi connectivity index (χ0n) is 9.13.